The van der Waals surface area contributed by atoms with E-state index in [1.54, 1.807) is 61.5 Å². The van der Waals surface area contributed by atoms with Crippen molar-refractivity contribution < 1.29 is 28.7 Å². The van der Waals surface area contributed by atoms with Crippen molar-refractivity contribution in [3.05, 3.63) is 94.0 Å². The molecule has 0 atom stereocenters. The Labute approximate surface area is 194 Å². The van der Waals surface area contributed by atoms with Crippen molar-refractivity contribution in [2.24, 2.45) is 5.10 Å². The summed E-state index contributed by atoms with van der Waals surface area (Å²) < 4.78 is 16.2. The van der Waals surface area contributed by atoms with Crippen molar-refractivity contribution in [2.75, 3.05) is 13.2 Å². The molecule has 0 fully saturated rings. The molecule has 3 aromatic carbocycles. The van der Waals surface area contributed by atoms with Gasteiger partial charge in [0.2, 0.25) is 0 Å². The van der Waals surface area contributed by atoms with Crippen molar-refractivity contribution in [1.82, 2.24) is 5.43 Å². The minimum absolute atomic E-state index is 0.0198. The van der Waals surface area contributed by atoms with E-state index in [4.69, 9.17) is 14.2 Å². The third-order valence-corrected chi connectivity index (χ3v) is 4.30. The van der Waals surface area contributed by atoms with Crippen LogP contribution in [0.3, 0.4) is 0 Å². The molecule has 3 rings (SSSR count). The summed E-state index contributed by atoms with van der Waals surface area (Å²) in [4.78, 5) is 34.7. The number of para-hydroxylation sites is 2. The number of nitro groups is 1. The molecule has 0 aromatic heterocycles. The molecule has 1 amide bonds. The van der Waals surface area contributed by atoms with Crippen LogP contribution in [-0.4, -0.2) is 36.2 Å². The van der Waals surface area contributed by atoms with Gasteiger partial charge in [-0.05, 0) is 48.9 Å². The highest BCUT2D eigenvalue weighted by Crippen LogP contribution is 2.29. The Bertz CT molecular complexity index is 1200. The van der Waals surface area contributed by atoms with E-state index < -0.39 is 23.4 Å². The second-order valence-electron chi connectivity index (χ2n) is 6.70. The van der Waals surface area contributed by atoms with Gasteiger partial charge in [0.1, 0.15) is 0 Å². The van der Waals surface area contributed by atoms with E-state index in [0.29, 0.717) is 23.5 Å². The lowest BCUT2D eigenvalue weighted by Gasteiger charge is -2.11. The van der Waals surface area contributed by atoms with Gasteiger partial charge in [0.05, 0.1) is 23.3 Å². The zero-order valence-corrected chi connectivity index (χ0v) is 18.2. The summed E-state index contributed by atoms with van der Waals surface area (Å²) in [5.41, 5.74) is 3.02. The average molecular weight is 463 g/mol. The largest absolute Gasteiger partial charge is 0.490 e. The minimum Gasteiger partial charge on any atom is -0.490 e. The summed E-state index contributed by atoms with van der Waals surface area (Å²) in [6.07, 6.45) is 1.37. The fourth-order valence-corrected chi connectivity index (χ4v) is 2.78. The number of carbonyl (C=O) groups is 2. The number of rotatable bonds is 10. The van der Waals surface area contributed by atoms with Gasteiger partial charge in [0.15, 0.2) is 23.9 Å². The van der Waals surface area contributed by atoms with Crippen LogP contribution < -0.4 is 19.6 Å². The summed E-state index contributed by atoms with van der Waals surface area (Å²) >= 11 is 0. The normalized spacial score (nSPS) is 10.5. The van der Waals surface area contributed by atoms with Gasteiger partial charge in [0, 0.05) is 6.07 Å². The van der Waals surface area contributed by atoms with Crippen LogP contribution >= 0.6 is 0 Å². The zero-order valence-electron chi connectivity index (χ0n) is 18.2. The first-order valence-electron chi connectivity index (χ1n) is 10.2. The van der Waals surface area contributed by atoms with Crippen molar-refractivity contribution >= 4 is 23.8 Å². The van der Waals surface area contributed by atoms with Crippen LogP contribution in [0.5, 0.6) is 17.2 Å². The lowest BCUT2D eigenvalue weighted by Crippen LogP contribution is -2.24. The molecule has 10 nitrogen and oxygen atoms in total. The van der Waals surface area contributed by atoms with E-state index in [-0.39, 0.29) is 17.2 Å². The van der Waals surface area contributed by atoms with Crippen LogP contribution in [0, 0.1) is 10.1 Å². The van der Waals surface area contributed by atoms with E-state index in [2.05, 4.69) is 10.5 Å². The van der Waals surface area contributed by atoms with Crippen LogP contribution in [0.15, 0.2) is 77.9 Å². The molecule has 0 bridgehead atoms. The molecule has 0 saturated heterocycles. The smallest absolute Gasteiger partial charge is 0.343 e. The molecular weight excluding hydrogens is 442 g/mol. The monoisotopic (exact) mass is 463 g/mol. The Balaban J connectivity index is 1.60. The molecule has 0 unspecified atom stereocenters. The summed E-state index contributed by atoms with van der Waals surface area (Å²) in [6, 6.07) is 19.1. The zero-order chi connectivity index (χ0) is 24.3. The molecular formula is C24H21N3O7. The van der Waals surface area contributed by atoms with Crippen molar-refractivity contribution in [3.63, 3.8) is 0 Å². The summed E-state index contributed by atoms with van der Waals surface area (Å²) in [6.45, 7) is 1.68. The van der Waals surface area contributed by atoms with Crippen LogP contribution in [0.4, 0.5) is 5.69 Å². The number of nitro benzene ring substituents is 1. The summed E-state index contributed by atoms with van der Waals surface area (Å²) in [5, 5.41) is 14.8. The number of benzene rings is 3. The van der Waals surface area contributed by atoms with Crippen LogP contribution in [-0.2, 0) is 4.79 Å². The van der Waals surface area contributed by atoms with Gasteiger partial charge in [0.25, 0.3) is 5.91 Å². The number of esters is 1. The lowest BCUT2D eigenvalue weighted by atomic mass is 10.2. The molecule has 0 heterocycles. The molecule has 0 aliphatic heterocycles. The number of carbonyl (C=O) groups excluding carboxylic acids is 2. The van der Waals surface area contributed by atoms with E-state index in [0.717, 1.165) is 0 Å². The predicted molar refractivity (Wildman–Crippen MR) is 123 cm³/mol. The fourth-order valence-electron chi connectivity index (χ4n) is 2.78. The predicted octanol–water partition coefficient (Wildman–Crippen LogP) is 3.74. The van der Waals surface area contributed by atoms with Gasteiger partial charge >= 0.3 is 11.7 Å². The Kier molecular flexibility index (Phi) is 8.28. The maximum atomic E-state index is 12.3. The molecule has 10 heteroatoms. The average Bonchev–Trinajstić information content (AvgIpc) is 2.85. The number of hydrogen-bond acceptors (Lipinski definition) is 8. The SMILES string of the molecule is CCOc1cc(/C=N/NC(=O)COc2ccccc2[N+](=O)[O-])ccc1OC(=O)c1ccccc1. The van der Waals surface area contributed by atoms with Gasteiger partial charge < -0.3 is 14.2 Å². The number of nitrogens with one attached hydrogen (secondary N) is 1. The van der Waals surface area contributed by atoms with E-state index in [9.17, 15) is 19.7 Å². The number of hydrazone groups is 1. The first-order chi connectivity index (χ1) is 16.5. The highest BCUT2D eigenvalue weighted by molar-refractivity contribution is 5.91. The van der Waals surface area contributed by atoms with Crippen LogP contribution in [0.1, 0.15) is 22.8 Å². The second-order valence-corrected chi connectivity index (χ2v) is 6.70. The first kappa shape index (κ1) is 23.9. The highest BCUT2D eigenvalue weighted by Gasteiger charge is 2.15. The van der Waals surface area contributed by atoms with E-state index in [1.165, 1.54) is 24.4 Å². The lowest BCUT2D eigenvalue weighted by molar-refractivity contribution is -0.385. The molecule has 34 heavy (non-hydrogen) atoms. The third kappa shape index (κ3) is 6.63. The molecule has 0 spiro atoms. The Hall–Kier alpha value is -4.73. The van der Waals surface area contributed by atoms with E-state index >= 15 is 0 Å². The Morgan fingerprint density at radius 1 is 0.971 bits per heavy atom. The highest BCUT2D eigenvalue weighted by atomic mass is 16.6. The molecule has 0 saturated carbocycles. The van der Waals surface area contributed by atoms with Crippen molar-refractivity contribution in [3.8, 4) is 17.2 Å². The number of hydrogen-bond donors (Lipinski definition) is 1. The summed E-state index contributed by atoms with van der Waals surface area (Å²) in [5.74, 6) is -0.563. The number of amides is 1. The van der Waals surface area contributed by atoms with Gasteiger partial charge in [-0.1, -0.05) is 30.3 Å². The second kappa shape index (κ2) is 11.8. The Morgan fingerprint density at radius 2 is 1.71 bits per heavy atom. The Morgan fingerprint density at radius 3 is 2.44 bits per heavy atom. The molecule has 3 aromatic rings. The quantitative estimate of drug-likeness (QED) is 0.159. The topological polar surface area (TPSA) is 129 Å². The number of nitrogens with zero attached hydrogens (tertiary/aromatic N) is 2. The van der Waals surface area contributed by atoms with Gasteiger partial charge in [-0.3, -0.25) is 14.9 Å². The molecule has 174 valence electrons. The van der Waals surface area contributed by atoms with Crippen molar-refractivity contribution in [1.29, 1.82) is 0 Å². The van der Waals surface area contributed by atoms with Gasteiger partial charge in [-0.15, -0.1) is 0 Å². The van der Waals surface area contributed by atoms with Gasteiger partial charge in [-0.2, -0.15) is 5.10 Å². The van der Waals surface area contributed by atoms with Crippen LogP contribution in [0.2, 0.25) is 0 Å². The van der Waals surface area contributed by atoms with Gasteiger partial charge in [-0.25, -0.2) is 10.2 Å². The van der Waals surface area contributed by atoms with E-state index in [1.807, 2.05) is 0 Å². The first-order valence-corrected chi connectivity index (χ1v) is 10.2. The maximum Gasteiger partial charge on any atom is 0.343 e. The van der Waals surface area contributed by atoms with Crippen LogP contribution in [0.25, 0.3) is 0 Å². The molecule has 0 radical (unpaired) electrons. The number of ether oxygens (including phenoxy) is 3. The third-order valence-electron chi connectivity index (χ3n) is 4.30. The fraction of sp³-hybridized carbons (Fsp3) is 0.125. The standard InChI is InChI=1S/C24H21N3O7/c1-2-32-22-14-17(12-13-21(22)34-24(29)18-8-4-3-5-9-18)15-25-26-23(28)16-33-20-11-7-6-10-19(20)27(30)31/h3-15H,2,16H2,1H3,(H,26,28)/b25-15+. The molecule has 1 N–H and O–H groups in total. The minimum atomic E-state index is -0.604. The molecule has 0 aliphatic carbocycles. The summed E-state index contributed by atoms with van der Waals surface area (Å²) in [7, 11) is 0. The maximum absolute atomic E-state index is 12.3. The van der Waals surface area contributed by atoms with Crippen molar-refractivity contribution in [2.45, 2.75) is 6.92 Å². The molecule has 0 aliphatic rings.